The van der Waals surface area contributed by atoms with E-state index >= 15 is 0 Å². The van der Waals surface area contributed by atoms with Crippen molar-refractivity contribution in [1.82, 2.24) is 19.3 Å². The van der Waals surface area contributed by atoms with Gasteiger partial charge in [0.15, 0.2) is 0 Å². The van der Waals surface area contributed by atoms with Crippen molar-refractivity contribution < 1.29 is 9.59 Å². The van der Waals surface area contributed by atoms with Crippen molar-refractivity contribution in [3.63, 3.8) is 0 Å². The van der Waals surface area contributed by atoms with Crippen LogP contribution >= 0.6 is 0 Å². The van der Waals surface area contributed by atoms with E-state index in [1.807, 2.05) is 15.9 Å². The molecular weight excluding hydrogens is 352 g/mol. The molecule has 2 saturated heterocycles. The average Bonchev–Trinajstić information content (AvgIpc) is 3.26. The van der Waals surface area contributed by atoms with Crippen LogP contribution in [0.3, 0.4) is 0 Å². The average molecular weight is 385 g/mol. The number of carbonyl (C=O) groups is 2. The molecule has 4 rings (SSSR count). The Balaban J connectivity index is 1.28. The van der Waals surface area contributed by atoms with E-state index in [0.717, 1.165) is 44.6 Å². The lowest BCUT2D eigenvalue weighted by atomic mass is 10.2. The molecule has 0 spiro atoms. The molecule has 1 saturated carbocycles. The second-order valence-corrected chi connectivity index (χ2v) is 8.45. The summed E-state index contributed by atoms with van der Waals surface area (Å²) < 4.78 is 2.40. The third kappa shape index (κ3) is 4.17. The van der Waals surface area contributed by atoms with E-state index < -0.39 is 0 Å². The van der Waals surface area contributed by atoms with E-state index in [2.05, 4.69) is 29.4 Å². The van der Waals surface area contributed by atoms with Gasteiger partial charge in [-0.25, -0.2) is 0 Å². The Morgan fingerprint density at radius 1 is 1.00 bits per heavy atom. The molecule has 28 heavy (non-hydrogen) atoms. The Bertz CT molecular complexity index is 764. The Morgan fingerprint density at radius 3 is 2.32 bits per heavy atom. The predicted octanol–water partition coefficient (Wildman–Crippen LogP) is 2.22. The summed E-state index contributed by atoms with van der Waals surface area (Å²) in [6, 6.07) is 2.84. The lowest BCUT2D eigenvalue weighted by Crippen LogP contribution is -2.51. The van der Waals surface area contributed by atoms with E-state index in [1.54, 1.807) is 6.08 Å². The molecule has 6 heteroatoms. The summed E-state index contributed by atoms with van der Waals surface area (Å²) in [6.45, 7) is 9.52. The molecule has 2 amide bonds. The van der Waals surface area contributed by atoms with Gasteiger partial charge in [-0.3, -0.25) is 14.5 Å². The quantitative estimate of drug-likeness (QED) is 0.732. The van der Waals surface area contributed by atoms with Gasteiger partial charge in [0.05, 0.1) is 6.54 Å². The van der Waals surface area contributed by atoms with Gasteiger partial charge in [-0.05, 0) is 57.2 Å². The van der Waals surface area contributed by atoms with Crippen molar-refractivity contribution in [2.75, 3.05) is 45.8 Å². The first kappa shape index (κ1) is 19.2. The smallest absolute Gasteiger partial charge is 0.246 e. The van der Waals surface area contributed by atoms with E-state index in [4.69, 9.17) is 0 Å². The second kappa shape index (κ2) is 8.11. The van der Waals surface area contributed by atoms with Gasteiger partial charge in [0, 0.05) is 62.8 Å². The molecule has 0 atom stereocenters. The molecule has 0 bridgehead atoms. The van der Waals surface area contributed by atoms with E-state index in [1.165, 1.54) is 24.2 Å². The lowest BCUT2D eigenvalue weighted by molar-refractivity contribution is -0.132. The minimum Gasteiger partial charge on any atom is -0.346 e. The van der Waals surface area contributed by atoms with Gasteiger partial charge in [-0.2, -0.15) is 0 Å². The van der Waals surface area contributed by atoms with Gasteiger partial charge in [-0.15, -0.1) is 0 Å². The van der Waals surface area contributed by atoms with Crippen LogP contribution in [0.1, 0.15) is 48.7 Å². The van der Waals surface area contributed by atoms with Crippen LogP contribution in [0, 0.1) is 13.8 Å². The maximum absolute atomic E-state index is 12.6. The van der Waals surface area contributed by atoms with E-state index in [-0.39, 0.29) is 11.8 Å². The number of carbonyl (C=O) groups excluding carboxylic acids is 2. The Labute approximate surface area is 167 Å². The zero-order valence-corrected chi connectivity index (χ0v) is 17.2. The standard InChI is InChI=1S/C22H32N4O2/c1-17-15-19(18(2)26(17)20-6-7-20)5-8-21(27)25-13-11-23(12-14-25)16-22(28)24-9-3-4-10-24/h5,8,15,20H,3-4,6-7,9-14,16H2,1-2H3/b8-5+. The number of hydrogen-bond donors (Lipinski definition) is 0. The molecule has 0 radical (unpaired) electrons. The number of nitrogens with zero attached hydrogens (tertiary/aromatic N) is 4. The highest BCUT2D eigenvalue weighted by atomic mass is 16.2. The van der Waals surface area contributed by atoms with Crippen LogP contribution < -0.4 is 0 Å². The van der Waals surface area contributed by atoms with Crippen molar-refractivity contribution in [2.45, 2.75) is 45.6 Å². The van der Waals surface area contributed by atoms with Crippen LogP contribution in [0.2, 0.25) is 0 Å². The number of likely N-dealkylation sites (tertiary alicyclic amines) is 1. The Morgan fingerprint density at radius 2 is 1.68 bits per heavy atom. The fraction of sp³-hybridized carbons (Fsp3) is 0.636. The summed E-state index contributed by atoms with van der Waals surface area (Å²) in [4.78, 5) is 30.9. The third-order valence-corrected chi connectivity index (χ3v) is 6.34. The number of aromatic nitrogens is 1. The molecule has 2 aliphatic heterocycles. The molecule has 1 aliphatic carbocycles. The monoisotopic (exact) mass is 384 g/mol. The molecule has 3 fully saturated rings. The van der Waals surface area contributed by atoms with Crippen molar-refractivity contribution in [2.24, 2.45) is 0 Å². The predicted molar refractivity (Wildman–Crippen MR) is 110 cm³/mol. The largest absolute Gasteiger partial charge is 0.346 e. The minimum absolute atomic E-state index is 0.0711. The van der Waals surface area contributed by atoms with E-state index in [9.17, 15) is 9.59 Å². The van der Waals surface area contributed by atoms with Crippen LogP contribution in [0.5, 0.6) is 0 Å². The molecular formula is C22H32N4O2. The molecule has 0 unspecified atom stereocenters. The maximum atomic E-state index is 12.6. The van der Waals surface area contributed by atoms with E-state index in [0.29, 0.717) is 25.7 Å². The van der Waals surface area contributed by atoms with Crippen molar-refractivity contribution in [3.8, 4) is 0 Å². The summed E-state index contributed by atoms with van der Waals surface area (Å²) >= 11 is 0. The van der Waals surface area contributed by atoms with Gasteiger partial charge < -0.3 is 14.4 Å². The summed E-state index contributed by atoms with van der Waals surface area (Å²) in [5.74, 6) is 0.310. The fourth-order valence-electron chi connectivity index (χ4n) is 4.52. The first-order chi connectivity index (χ1) is 13.5. The number of rotatable bonds is 5. The van der Waals surface area contributed by atoms with Crippen molar-refractivity contribution in [3.05, 3.63) is 29.1 Å². The summed E-state index contributed by atoms with van der Waals surface area (Å²) in [6.07, 6.45) is 8.47. The Kier molecular flexibility index (Phi) is 5.58. The molecule has 152 valence electrons. The molecule has 1 aromatic rings. The highest BCUT2D eigenvalue weighted by Crippen LogP contribution is 2.38. The topological polar surface area (TPSA) is 48.8 Å². The van der Waals surface area contributed by atoms with Gasteiger partial charge in [0.25, 0.3) is 0 Å². The second-order valence-electron chi connectivity index (χ2n) is 8.45. The summed E-state index contributed by atoms with van der Waals surface area (Å²) in [7, 11) is 0. The van der Waals surface area contributed by atoms with Crippen LogP contribution in [0.15, 0.2) is 12.1 Å². The molecule has 6 nitrogen and oxygen atoms in total. The first-order valence-electron chi connectivity index (χ1n) is 10.7. The van der Waals surface area contributed by atoms with Gasteiger partial charge in [0.2, 0.25) is 11.8 Å². The number of piperazine rings is 1. The van der Waals surface area contributed by atoms with Crippen molar-refractivity contribution in [1.29, 1.82) is 0 Å². The molecule has 0 N–H and O–H groups in total. The molecule has 3 aliphatic rings. The zero-order chi connectivity index (χ0) is 19.7. The van der Waals surface area contributed by atoms with Crippen LogP contribution in [0.25, 0.3) is 6.08 Å². The summed E-state index contributed by atoms with van der Waals surface area (Å²) in [5, 5.41) is 0. The Hall–Kier alpha value is -2.08. The van der Waals surface area contributed by atoms with Gasteiger partial charge in [0.1, 0.15) is 0 Å². The van der Waals surface area contributed by atoms with Gasteiger partial charge >= 0.3 is 0 Å². The zero-order valence-electron chi connectivity index (χ0n) is 17.2. The van der Waals surface area contributed by atoms with Crippen LogP contribution in [-0.4, -0.2) is 76.9 Å². The van der Waals surface area contributed by atoms with Crippen LogP contribution in [-0.2, 0) is 9.59 Å². The fourth-order valence-corrected chi connectivity index (χ4v) is 4.52. The number of amides is 2. The highest BCUT2D eigenvalue weighted by Gasteiger charge is 2.27. The van der Waals surface area contributed by atoms with Crippen LogP contribution in [0.4, 0.5) is 0 Å². The minimum atomic E-state index is 0.0711. The summed E-state index contributed by atoms with van der Waals surface area (Å²) in [5.41, 5.74) is 3.69. The number of aryl methyl sites for hydroxylation is 1. The van der Waals surface area contributed by atoms with Gasteiger partial charge in [-0.1, -0.05) is 0 Å². The lowest BCUT2D eigenvalue weighted by Gasteiger charge is -2.34. The SMILES string of the molecule is Cc1cc(/C=C/C(=O)N2CCN(CC(=O)N3CCCC3)CC2)c(C)n1C1CC1. The first-order valence-corrected chi connectivity index (χ1v) is 10.7. The van der Waals surface area contributed by atoms with Crippen molar-refractivity contribution >= 4 is 17.9 Å². The third-order valence-electron chi connectivity index (χ3n) is 6.34. The molecule has 3 heterocycles. The number of hydrogen-bond acceptors (Lipinski definition) is 3. The molecule has 0 aromatic carbocycles. The molecule has 1 aromatic heterocycles. The highest BCUT2D eigenvalue weighted by molar-refractivity contribution is 5.92. The normalized spacial score (nSPS) is 21.1. The maximum Gasteiger partial charge on any atom is 0.246 e.